The molecule has 0 aliphatic heterocycles. The highest BCUT2D eigenvalue weighted by Crippen LogP contribution is 2.14. The molecule has 0 aromatic carbocycles. The van der Waals surface area contributed by atoms with E-state index in [0.29, 0.717) is 6.54 Å². The number of rotatable bonds is 7. The van der Waals surface area contributed by atoms with E-state index in [2.05, 4.69) is 14.7 Å². The molecule has 1 rings (SSSR count). The predicted octanol–water partition coefficient (Wildman–Crippen LogP) is 0.619. The van der Waals surface area contributed by atoms with E-state index in [9.17, 15) is 13.2 Å². The minimum Gasteiger partial charge on any atom is -0.469 e. The molecule has 0 bridgehead atoms. The molecule has 108 valence electrons. The van der Waals surface area contributed by atoms with Crippen molar-refractivity contribution in [3.63, 3.8) is 0 Å². The van der Waals surface area contributed by atoms with Crippen LogP contribution in [0.1, 0.15) is 20.3 Å². The maximum atomic E-state index is 12.3. The third-order valence-electron chi connectivity index (χ3n) is 2.45. The molecule has 0 aliphatic carbocycles. The summed E-state index contributed by atoms with van der Waals surface area (Å²) in [5, 5.41) is 0.0259. The summed E-state index contributed by atoms with van der Waals surface area (Å²) < 4.78 is 30.5. The smallest absolute Gasteiger partial charge is 0.306 e. The Hall–Kier alpha value is -1.41. The van der Waals surface area contributed by atoms with Gasteiger partial charge in [0.1, 0.15) is 0 Å². The van der Waals surface area contributed by atoms with Gasteiger partial charge in [0.2, 0.25) is 0 Å². The van der Waals surface area contributed by atoms with E-state index in [1.807, 2.05) is 13.8 Å². The number of carbonyl (C=O) groups is 1. The van der Waals surface area contributed by atoms with Gasteiger partial charge < -0.3 is 9.72 Å². The zero-order valence-corrected chi connectivity index (χ0v) is 12.1. The van der Waals surface area contributed by atoms with Gasteiger partial charge in [-0.3, -0.25) is 4.79 Å². The van der Waals surface area contributed by atoms with Gasteiger partial charge in [-0.25, -0.2) is 13.4 Å². The van der Waals surface area contributed by atoms with Gasteiger partial charge in [0.15, 0.2) is 5.03 Å². The van der Waals surface area contributed by atoms with Crippen molar-refractivity contribution >= 4 is 16.0 Å². The fraction of sp³-hybridized carbons (Fsp3) is 0.636. The number of aromatic nitrogens is 2. The fourth-order valence-electron chi connectivity index (χ4n) is 1.56. The Bertz CT molecular complexity index is 496. The zero-order chi connectivity index (χ0) is 14.5. The number of aromatic amines is 1. The first-order chi connectivity index (χ1) is 8.87. The van der Waals surface area contributed by atoms with Crippen molar-refractivity contribution in [3.05, 3.63) is 12.5 Å². The summed E-state index contributed by atoms with van der Waals surface area (Å²) in [6, 6.07) is 0. The maximum Gasteiger partial charge on any atom is 0.306 e. The topological polar surface area (TPSA) is 92.4 Å². The van der Waals surface area contributed by atoms with Gasteiger partial charge >= 0.3 is 5.97 Å². The molecular formula is C11H19N3O4S. The molecule has 8 heteroatoms. The highest BCUT2D eigenvalue weighted by atomic mass is 32.2. The Morgan fingerprint density at radius 1 is 1.53 bits per heavy atom. The summed E-state index contributed by atoms with van der Waals surface area (Å²) >= 11 is 0. The lowest BCUT2D eigenvalue weighted by Gasteiger charge is -2.22. The fourth-order valence-corrected chi connectivity index (χ4v) is 3.06. The lowest BCUT2D eigenvalue weighted by molar-refractivity contribution is -0.140. The molecule has 1 aromatic heterocycles. The Labute approximate surface area is 113 Å². The van der Waals surface area contributed by atoms with Crippen LogP contribution in [-0.2, 0) is 19.6 Å². The summed E-state index contributed by atoms with van der Waals surface area (Å²) in [5.74, 6) is -0.288. The third-order valence-corrected chi connectivity index (χ3v) is 4.24. The third kappa shape index (κ3) is 4.32. The molecular weight excluding hydrogens is 270 g/mol. The van der Waals surface area contributed by atoms with Crippen molar-refractivity contribution in [1.29, 1.82) is 0 Å². The molecule has 0 unspecified atom stereocenters. The number of nitrogens with one attached hydrogen (secondary N) is 1. The first-order valence-corrected chi connectivity index (χ1v) is 7.37. The number of ether oxygens (including phenoxy) is 1. The normalized spacial score (nSPS) is 12.1. The highest BCUT2D eigenvalue weighted by molar-refractivity contribution is 7.89. The van der Waals surface area contributed by atoms with Crippen LogP contribution < -0.4 is 0 Å². The molecule has 0 atom stereocenters. The molecule has 1 aromatic rings. The zero-order valence-electron chi connectivity index (χ0n) is 11.3. The second-order valence-corrected chi connectivity index (χ2v) is 6.41. The van der Waals surface area contributed by atoms with Crippen LogP contribution in [0.4, 0.5) is 0 Å². The van der Waals surface area contributed by atoms with Gasteiger partial charge in [-0.05, 0) is 5.92 Å². The van der Waals surface area contributed by atoms with Crippen molar-refractivity contribution < 1.29 is 17.9 Å². The molecule has 7 nitrogen and oxygen atoms in total. The maximum absolute atomic E-state index is 12.3. The Balaban J connectivity index is 2.87. The molecule has 0 aliphatic rings. The number of methoxy groups -OCH3 is 1. The van der Waals surface area contributed by atoms with Gasteiger partial charge in [-0.15, -0.1) is 0 Å². The van der Waals surface area contributed by atoms with E-state index < -0.39 is 16.0 Å². The number of hydrogen-bond acceptors (Lipinski definition) is 5. The van der Waals surface area contributed by atoms with E-state index in [0.717, 1.165) is 0 Å². The second-order valence-electron chi connectivity index (χ2n) is 4.50. The molecule has 0 saturated carbocycles. The van der Waals surface area contributed by atoms with Crippen LogP contribution in [0.25, 0.3) is 0 Å². The molecule has 19 heavy (non-hydrogen) atoms. The summed E-state index contributed by atoms with van der Waals surface area (Å²) in [4.78, 5) is 17.4. The number of carbonyl (C=O) groups excluding carboxylic acids is 1. The summed E-state index contributed by atoms with van der Waals surface area (Å²) in [6.07, 6.45) is 2.58. The number of esters is 1. The molecule has 0 saturated heterocycles. The number of hydrogen-bond donors (Lipinski definition) is 1. The lowest BCUT2D eigenvalue weighted by Crippen LogP contribution is -2.36. The lowest BCUT2D eigenvalue weighted by atomic mass is 10.2. The monoisotopic (exact) mass is 289 g/mol. The van der Waals surface area contributed by atoms with Crippen LogP contribution in [0, 0.1) is 5.92 Å². The molecule has 0 fully saturated rings. The Morgan fingerprint density at radius 2 is 2.21 bits per heavy atom. The second kappa shape index (κ2) is 6.67. The summed E-state index contributed by atoms with van der Waals surface area (Å²) in [5.41, 5.74) is 0. The van der Waals surface area contributed by atoms with E-state index in [-0.39, 0.29) is 23.9 Å². The van der Waals surface area contributed by atoms with Gasteiger partial charge in [0, 0.05) is 13.1 Å². The number of sulfonamides is 1. The number of imidazole rings is 1. The van der Waals surface area contributed by atoms with Crippen molar-refractivity contribution in [2.24, 2.45) is 5.92 Å². The molecule has 0 spiro atoms. The first-order valence-electron chi connectivity index (χ1n) is 5.93. The average molecular weight is 289 g/mol. The van der Waals surface area contributed by atoms with E-state index in [4.69, 9.17) is 0 Å². The van der Waals surface area contributed by atoms with Crippen molar-refractivity contribution in [2.45, 2.75) is 25.3 Å². The van der Waals surface area contributed by atoms with Gasteiger partial charge in [0.05, 0.1) is 26.1 Å². The van der Waals surface area contributed by atoms with Crippen LogP contribution >= 0.6 is 0 Å². The minimum atomic E-state index is -3.65. The van der Waals surface area contributed by atoms with Crippen LogP contribution in [0.15, 0.2) is 17.6 Å². The van der Waals surface area contributed by atoms with Crippen molar-refractivity contribution in [1.82, 2.24) is 14.3 Å². The number of nitrogens with zero attached hydrogens (tertiary/aromatic N) is 2. The average Bonchev–Trinajstić information content (AvgIpc) is 2.87. The van der Waals surface area contributed by atoms with Crippen LogP contribution in [0.2, 0.25) is 0 Å². The predicted molar refractivity (Wildman–Crippen MR) is 68.8 cm³/mol. The van der Waals surface area contributed by atoms with Crippen LogP contribution in [0.5, 0.6) is 0 Å². The number of H-pyrrole nitrogens is 1. The van der Waals surface area contributed by atoms with E-state index >= 15 is 0 Å². The highest BCUT2D eigenvalue weighted by Gasteiger charge is 2.26. The molecule has 1 heterocycles. The molecule has 0 radical (unpaired) electrons. The van der Waals surface area contributed by atoms with Gasteiger partial charge in [0.25, 0.3) is 10.0 Å². The Kier molecular flexibility index (Phi) is 5.49. The summed E-state index contributed by atoms with van der Waals surface area (Å²) in [7, 11) is -2.37. The summed E-state index contributed by atoms with van der Waals surface area (Å²) in [6.45, 7) is 4.24. The molecule has 0 amide bonds. The standard InChI is InChI=1S/C11H19N3O4S/c1-9(2)7-14(5-4-11(15)18-3)19(16,17)10-6-12-8-13-10/h6,8-9H,4-5,7H2,1-3H3,(H,12,13). The van der Waals surface area contributed by atoms with Gasteiger partial charge in [-0.1, -0.05) is 13.8 Å². The Morgan fingerprint density at radius 3 is 2.68 bits per heavy atom. The first kappa shape index (κ1) is 15.6. The SMILES string of the molecule is COC(=O)CCN(CC(C)C)S(=O)(=O)c1cnc[nH]1. The minimum absolute atomic E-state index is 0.0244. The van der Waals surface area contributed by atoms with Gasteiger partial charge in [-0.2, -0.15) is 4.31 Å². The molecule has 1 N–H and O–H groups in total. The van der Waals surface area contributed by atoms with Crippen molar-refractivity contribution in [3.8, 4) is 0 Å². The van der Waals surface area contributed by atoms with Crippen LogP contribution in [0.3, 0.4) is 0 Å². The quantitative estimate of drug-likeness (QED) is 0.743. The van der Waals surface area contributed by atoms with E-state index in [1.165, 1.54) is 23.9 Å². The van der Waals surface area contributed by atoms with E-state index in [1.54, 1.807) is 0 Å². The van der Waals surface area contributed by atoms with Crippen LogP contribution in [-0.4, -0.2) is 48.9 Å². The largest absolute Gasteiger partial charge is 0.469 e. The van der Waals surface area contributed by atoms with Crippen molar-refractivity contribution in [2.75, 3.05) is 20.2 Å².